The van der Waals surface area contributed by atoms with Crippen molar-refractivity contribution < 1.29 is 23.5 Å². The monoisotopic (exact) mass is 400 g/mol. The number of carbonyl (C=O) groups excluding carboxylic acids is 2. The van der Waals surface area contributed by atoms with Crippen molar-refractivity contribution >= 4 is 23.6 Å². The summed E-state index contributed by atoms with van der Waals surface area (Å²) in [5.41, 5.74) is 1.49. The van der Waals surface area contributed by atoms with Gasteiger partial charge in [-0.1, -0.05) is 12.1 Å². The van der Waals surface area contributed by atoms with E-state index in [-0.39, 0.29) is 18.3 Å². The van der Waals surface area contributed by atoms with Crippen LogP contribution in [0.5, 0.6) is 5.75 Å². The molecule has 0 radical (unpaired) electrons. The summed E-state index contributed by atoms with van der Waals surface area (Å²) in [6.45, 7) is 3.22. The third-order valence-electron chi connectivity index (χ3n) is 3.86. The second-order valence-electron chi connectivity index (χ2n) is 6.30. The molecular weight excluding hydrogens is 375 g/mol. The highest BCUT2D eigenvalue weighted by atomic mass is 19.1. The number of hydrogen-bond donors (Lipinski definition) is 1. The van der Waals surface area contributed by atoms with Gasteiger partial charge in [-0.25, -0.2) is 9.18 Å². The quantitative estimate of drug-likeness (QED) is 0.489. The molecule has 7 heteroatoms. The average Bonchev–Trinajstić information content (AvgIpc) is 2.69. The van der Waals surface area contributed by atoms with E-state index in [0.29, 0.717) is 31.2 Å². The molecule has 1 N–H and O–H groups in total. The lowest BCUT2D eigenvalue weighted by molar-refractivity contribution is -0.137. The fourth-order valence-corrected chi connectivity index (χ4v) is 2.41. The van der Waals surface area contributed by atoms with Gasteiger partial charge in [0.25, 0.3) is 0 Å². The van der Waals surface area contributed by atoms with Crippen LogP contribution >= 0.6 is 0 Å². The molecule has 2 rings (SSSR count). The highest BCUT2D eigenvalue weighted by molar-refractivity contribution is 5.92. The van der Waals surface area contributed by atoms with Crippen molar-refractivity contribution in [1.82, 2.24) is 4.90 Å². The van der Waals surface area contributed by atoms with Crippen molar-refractivity contribution in [2.24, 2.45) is 0 Å². The minimum absolute atomic E-state index is 0.149. The lowest BCUT2D eigenvalue weighted by atomic mass is 10.2. The SMILES string of the molecule is CCOC(=O)/C=C/c1ccc(NC(=O)CN(C)CCOc2ccc(F)cc2)cc1. The number of anilines is 1. The lowest BCUT2D eigenvalue weighted by Crippen LogP contribution is -2.33. The molecule has 0 aliphatic heterocycles. The van der Waals surface area contributed by atoms with Crippen LogP contribution in [0.25, 0.3) is 6.08 Å². The van der Waals surface area contributed by atoms with Crippen molar-refractivity contribution in [2.45, 2.75) is 6.92 Å². The summed E-state index contributed by atoms with van der Waals surface area (Å²) in [6.07, 6.45) is 3.01. The van der Waals surface area contributed by atoms with Crippen LogP contribution in [0.1, 0.15) is 12.5 Å². The molecule has 0 aliphatic rings. The molecule has 29 heavy (non-hydrogen) atoms. The molecule has 2 aromatic carbocycles. The maximum Gasteiger partial charge on any atom is 0.330 e. The molecule has 0 aliphatic carbocycles. The second-order valence-corrected chi connectivity index (χ2v) is 6.30. The van der Waals surface area contributed by atoms with Crippen LogP contribution in [0, 0.1) is 5.82 Å². The van der Waals surface area contributed by atoms with E-state index in [1.807, 2.05) is 11.9 Å². The van der Waals surface area contributed by atoms with E-state index in [4.69, 9.17) is 9.47 Å². The van der Waals surface area contributed by atoms with Gasteiger partial charge in [0.15, 0.2) is 0 Å². The summed E-state index contributed by atoms with van der Waals surface area (Å²) < 4.78 is 23.2. The van der Waals surface area contributed by atoms with Gasteiger partial charge in [0, 0.05) is 18.3 Å². The van der Waals surface area contributed by atoms with Gasteiger partial charge in [0.2, 0.25) is 5.91 Å². The Morgan fingerprint density at radius 3 is 2.45 bits per heavy atom. The molecule has 0 saturated heterocycles. The smallest absolute Gasteiger partial charge is 0.330 e. The third kappa shape index (κ3) is 8.57. The number of nitrogens with one attached hydrogen (secondary N) is 1. The number of benzene rings is 2. The van der Waals surface area contributed by atoms with Crippen molar-refractivity contribution in [1.29, 1.82) is 0 Å². The normalized spacial score (nSPS) is 10.9. The highest BCUT2D eigenvalue weighted by Gasteiger charge is 2.07. The maximum atomic E-state index is 12.9. The van der Waals surface area contributed by atoms with Gasteiger partial charge < -0.3 is 14.8 Å². The Morgan fingerprint density at radius 2 is 1.79 bits per heavy atom. The Hall–Kier alpha value is -3.19. The van der Waals surface area contributed by atoms with E-state index in [1.165, 1.54) is 18.2 Å². The summed E-state index contributed by atoms with van der Waals surface area (Å²) in [6, 6.07) is 12.9. The molecule has 1 amide bonds. The number of rotatable bonds is 10. The van der Waals surface area contributed by atoms with Crippen LogP contribution in [0.2, 0.25) is 0 Å². The number of esters is 1. The summed E-state index contributed by atoms with van der Waals surface area (Å²) in [4.78, 5) is 25.3. The summed E-state index contributed by atoms with van der Waals surface area (Å²) in [5.74, 6) is -0.268. The van der Waals surface area contributed by atoms with E-state index in [0.717, 1.165) is 5.56 Å². The standard InChI is InChI=1S/C22H25FN2O4/c1-3-28-22(27)13-6-17-4-9-19(10-5-17)24-21(26)16-25(2)14-15-29-20-11-7-18(23)8-12-20/h4-13H,3,14-16H2,1-2H3,(H,24,26)/b13-6+. The molecule has 0 aromatic heterocycles. The lowest BCUT2D eigenvalue weighted by Gasteiger charge is -2.16. The van der Waals surface area contributed by atoms with Gasteiger partial charge in [-0.3, -0.25) is 9.69 Å². The van der Waals surface area contributed by atoms with E-state index in [1.54, 1.807) is 49.4 Å². The van der Waals surface area contributed by atoms with Crippen molar-refractivity contribution in [2.75, 3.05) is 38.7 Å². The molecular formula is C22H25FN2O4. The van der Waals surface area contributed by atoms with Crippen LogP contribution in [-0.4, -0.2) is 50.1 Å². The number of likely N-dealkylation sites (N-methyl/N-ethyl adjacent to an activating group) is 1. The van der Waals surface area contributed by atoms with E-state index >= 15 is 0 Å². The number of carbonyl (C=O) groups is 2. The predicted octanol–water partition coefficient (Wildman–Crippen LogP) is 3.35. The Bertz CT molecular complexity index is 820. The Morgan fingerprint density at radius 1 is 1.10 bits per heavy atom. The van der Waals surface area contributed by atoms with E-state index < -0.39 is 5.97 Å². The van der Waals surface area contributed by atoms with E-state index in [9.17, 15) is 14.0 Å². The molecule has 2 aromatic rings. The molecule has 154 valence electrons. The van der Waals surface area contributed by atoms with E-state index in [2.05, 4.69) is 5.32 Å². The average molecular weight is 400 g/mol. The summed E-state index contributed by atoms with van der Waals surface area (Å²) >= 11 is 0. The first-order chi connectivity index (χ1) is 14.0. The fourth-order valence-electron chi connectivity index (χ4n) is 2.41. The molecule has 0 fully saturated rings. The van der Waals surface area contributed by atoms with Gasteiger partial charge in [-0.2, -0.15) is 0 Å². The molecule has 0 bridgehead atoms. The molecule has 0 saturated carbocycles. The molecule has 0 spiro atoms. The van der Waals surface area contributed by atoms with Gasteiger partial charge in [0.05, 0.1) is 13.2 Å². The minimum Gasteiger partial charge on any atom is -0.492 e. The molecule has 0 unspecified atom stereocenters. The fraction of sp³-hybridized carbons (Fsp3) is 0.273. The highest BCUT2D eigenvalue weighted by Crippen LogP contribution is 2.12. The number of hydrogen-bond acceptors (Lipinski definition) is 5. The largest absolute Gasteiger partial charge is 0.492 e. The Balaban J connectivity index is 1.72. The number of amides is 1. The van der Waals surface area contributed by atoms with Crippen LogP contribution in [0.15, 0.2) is 54.6 Å². The summed E-state index contributed by atoms with van der Waals surface area (Å²) in [5, 5.41) is 2.82. The number of nitrogens with zero attached hydrogens (tertiary/aromatic N) is 1. The second kappa shape index (κ2) is 11.6. The van der Waals surface area contributed by atoms with Crippen LogP contribution < -0.4 is 10.1 Å². The van der Waals surface area contributed by atoms with Gasteiger partial charge in [-0.15, -0.1) is 0 Å². The first-order valence-electron chi connectivity index (χ1n) is 9.28. The van der Waals surface area contributed by atoms with Gasteiger partial charge in [-0.05, 0) is 62.0 Å². The predicted molar refractivity (Wildman–Crippen MR) is 110 cm³/mol. The van der Waals surface area contributed by atoms with Gasteiger partial charge in [0.1, 0.15) is 18.2 Å². The molecule has 6 nitrogen and oxygen atoms in total. The number of ether oxygens (including phenoxy) is 2. The molecule has 0 atom stereocenters. The first-order valence-corrected chi connectivity index (χ1v) is 9.28. The van der Waals surface area contributed by atoms with Crippen LogP contribution in [0.4, 0.5) is 10.1 Å². The third-order valence-corrected chi connectivity index (χ3v) is 3.86. The van der Waals surface area contributed by atoms with Crippen molar-refractivity contribution in [3.05, 3.63) is 66.0 Å². The maximum absolute atomic E-state index is 12.9. The van der Waals surface area contributed by atoms with Gasteiger partial charge >= 0.3 is 5.97 Å². The van der Waals surface area contributed by atoms with Crippen LogP contribution in [0.3, 0.4) is 0 Å². The van der Waals surface area contributed by atoms with Crippen LogP contribution in [-0.2, 0) is 14.3 Å². The topological polar surface area (TPSA) is 67.9 Å². The zero-order valence-corrected chi connectivity index (χ0v) is 16.6. The first kappa shape index (κ1) is 22.1. The molecule has 0 heterocycles. The number of halogens is 1. The Labute approximate surface area is 169 Å². The minimum atomic E-state index is -0.392. The van der Waals surface area contributed by atoms with Crippen molar-refractivity contribution in [3.63, 3.8) is 0 Å². The summed E-state index contributed by atoms with van der Waals surface area (Å²) in [7, 11) is 1.82. The zero-order chi connectivity index (χ0) is 21.1. The zero-order valence-electron chi connectivity index (χ0n) is 16.6. The Kier molecular flexibility index (Phi) is 8.85. The van der Waals surface area contributed by atoms with Crippen molar-refractivity contribution in [3.8, 4) is 5.75 Å².